The minimum Gasteiger partial charge on any atom is -0.294 e. The van der Waals surface area contributed by atoms with Crippen LogP contribution in [0.3, 0.4) is 0 Å². The number of fused-ring (bicyclic) bond motifs is 3. The molecule has 0 heterocycles. The van der Waals surface area contributed by atoms with Crippen molar-refractivity contribution in [2.24, 2.45) is 11.8 Å². The number of carbonyl (C=O) groups is 1. The van der Waals surface area contributed by atoms with E-state index in [4.69, 9.17) is 0 Å². The van der Waals surface area contributed by atoms with E-state index in [1.54, 1.807) is 0 Å². The Hall–Kier alpha value is -1.63. The summed E-state index contributed by atoms with van der Waals surface area (Å²) in [6.07, 6.45) is 3.49. The van der Waals surface area contributed by atoms with Gasteiger partial charge < -0.3 is 0 Å². The Morgan fingerprint density at radius 3 is 2.50 bits per heavy atom. The molecule has 102 valence electrons. The normalized spacial score (nSPS) is 27.4. The second kappa shape index (κ2) is 3.94. The van der Waals surface area contributed by atoms with Crippen LogP contribution in [0.5, 0.6) is 0 Å². The highest BCUT2D eigenvalue weighted by Crippen LogP contribution is 2.51. The largest absolute Gasteiger partial charge is 0.294 e. The molecular formula is C19H20O. The minimum atomic E-state index is 0.119. The summed E-state index contributed by atoms with van der Waals surface area (Å²) in [5.41, 5.74) is 2.37. The van der Waals surface area contributed by atoms with Crippen molar-refractivity contribution >= 4 is 16.6 Å². The number of Topliss-reactive ketones (excluding diaryl/α,β-unsaturated/α-hetero) is 1. The summed E-state index contributed by atoms with van der Waals surface area (Å²) in [6, 6.07) is 12.8. The van der Waals surface area contributed by atoms with Gasteiger partial charge in [0.05, 0.1) is 0 Å². The van der Waals surface area contributed by atoms with Gasteiger partial charge in [0.25, 0.3) is 0 Å². The molecule has 0 aliphatic heterocycles. The molecule has 1 heteroatoms. The van der Waals surface area contributed by atoms with Gasteiger partial charge in [-0.2, -0.15) is 0 Å². The third-order valence-electron chi connectivity index (χ3n) is 5.63. The maximum absolute atomic E-state index is 12.8. The summed E-state index contributed by atoms with van der Waals surface area (Å²) >= 11 is 0. The van der Waals surface area contributed by atoms with Crippen LogP contribution in [0.4, 0.5) is 0 Å². The fraction of sp³-hybridized carbons (Fsp3) is 0.421. The molecule has 2 aromatic rings. The molecule has 0 unspecified atom stereocenters. The van der Waals surface area contributed by atoms with Crippen LogP contribution in [0.1, 0.15) is 49.0 Å². The molecule has 0 saturated heterocycles. The molecule has 2 atom stereocenters. The smallest absolute Gasteiger partial charge is 0.166 e. The Labute approximate surface area is 120 Å². The molecule has 0 radical (unpaired) electrons. The fourth-order valence-electron chi connectivity index (χ4n) is 4.51. The third kappa shape index (κ3) is 1.47. The Morgan fingerprint density at radius 1 is 1.05 bits per heavy atom. The molecular weight excluding hydrogens is 244 g/mol. The molecule has 2 aliphatic rings. The SMILES string of the molecule is CC1(C)c2cc3ccccc3cc2C(=O)[C@H]2CCC[C@@H]21. The number of benzene rings is 2. The number of ketones is 1. The van der Waals surface area contributed by atoms with Crippen molar-refractivity contribution in [3.05, 3.63) is 47.5 Å². The van der Waals surface area contributed by atoms with Gasteiger partial charge in [0.1, 0.15) is 0 Å². The molecule has 1 nitrogen and oxygen atoms in total. The average Bonchev–Trinajstić information content (AvgIpc) is 2.94. The Balaban J connectivity index is 2.02. The maximum Gasteiger partial charge on any atom is 0.166 e. The predicted molar refractivity (Wildman–Crippen MR) is 82.1 cm³/mol. The molecule has 20 heavy (non-hydrogen) atoms. The van der Waals surface area contributed by atoms with Crippen LogP contribution in [0.2, 0.25) is 0 Å². The first-order valence-corrected chi connectivity index (χ1v) is 7.66. The van der Waals surface area contributed by atoms with Gasteiger partial charge in [0.2, 0.25) is 0 Å². The van der Waals surface area contributed by atoms with Crippen molar-refractivity contribution in [2.45, 2.75) is 38.5 Å². The van der Waals surface area contributed by atoms with Gasteiger partial charge in [-0.05, 0) is 52.6 Å². The lowest BCUT2D eigenvalue weighted by atomic mass is 9.61. The highest BCUT2D eigenvalue weighted by molar-refractivity contribution is 6.04. The van der Waals surface area contributed by atoms with Crippen molar-refractivity contribution < 1.29 is 4.79 Å². The maximum atomic E-state index is 12.8. The van der Waals surface area contributed by atoms with E-state index in [2.05, 4.69) is 44.2 Å². The molecule has 0 amide bonds. The first kappa shape index (κ1) is 12.1. The average molecular weight is 264 g/mol. The van der Waals surface area contributed by atoms with Gasteiger partial charge in [0, 0.05) is 11.5 Å². The van der Waals surface area contributed by atoms with E-state index < -0.39 is 0 Å². The molecule has 1 fully saturated rings. The van der Waals surface area contributed by atoms with Crippen LogP contribution in [-0.4, -0.2) is 5.78 Å². The summed E-state index contributed by atoms with van der Waals surface area (Å²) in [5, 5.41) is 2.44. The van der Waals surface area contributed by atoms with Crippen molar-refractivity contribution in [2.75, 3.05) is 0 Å². The quantitative estimate of drug-likeness (QED) is 0.672. The van der Waals surface area contributed by atoms with Gasteiger partial charge in [-0.1, -0.05) is 44.5 Å². The van der Waals surface area contributed by atoms with Crippen LogP contribution in [0.25, 0.3) is 10.8 Å². The van der Waals surface area contributed by atoms with Crippen LogP contribution in [0.15, 0.2) is 36.4 Å². The molecule has 0 spiro atoms. The standard InChI is InChI=1S/C19H20O/c1-19(2)16-9-5-8-14(16)18(20)15-10-12-6-3-4-7-13(12)11-17(15)19/h3-4,6-7,10-11,14,16H,5,8-9H2,1-2H3/t14-,16-/m0/s1. The van der Waals surface area contributed by atoms with Crippen molar-refractivity contribution in [3.8, 4) is 0 Å². The van der Waals surface area contributed by atoms with E-state index in [1.807, 2.05) is 6.07 Å². The lowest BCUT2D eigenvalue weighted by molar-refractivity contribution is 0.0818. The van der Waals surface area contributed by atoms with Gasteiger partial charge in [-0.15, -0.1) is 0 Å². The Morgan fingerprint density at radius 2 is 1.75 bits per heavy atom. The zero-order chi connectivity index (χ0) is 13.9. The lowest BCUT2D eigenvalue weighted by Crippen LogP contribution is -2.41. The van der Waals surface area contributed by atoms with Gasteiger partial charge in [-0.25, -0.2) is 0 Å². The van der Waals surface area contributed by atoms with E-state index >= 15 is 0 Å². The van der Waals surface area contributed by atoms with Crippen molar-refractivity contribution in [1.29, 1.82) is 0 Å². The highest BCUT2D eigenvalue weighted by atomic mass is 16.1. The summed E-state index contributed by atoms with van der Waals surface area (Å²) < 4.78 is 0. The first-order valence-electron chi connectivity index (χ1n) is 7.66. The monoisotopic (exact) mass is 264 g/mol. The second-order valence-electron chi connectivity index (χ2n) is 6.97. The van der Waals surface area contributed by atoms with Crippen molar-refractivity contribution in [3.63, 3.8) is 0 Å². The number of rotatable bonds is 0. The second-order valence-corrected chi connectivity index (χ2v) is 6.97. The highest BCUT2D eigenvalue weighted by Gasteiger charge is 2.48. The van der Waals surface area contributed by atoms with Gasteiger partial charge >= 0.3 is 0 Å². The molecule has 1 saturated carbocycles. The molecule has 2 aliphatic carbocycles. The van der Waals surface area contributed by atoms with Crippen LogP contribution >= 0.6 is 0 Å². The summed E-state index contributed by atoms with van der Waals surface area (Å²) in [6.45, 7) is 4.66. The van der Waals surface area contributed by atoms with Crippen LogP contribution < -0.4 is 0 Å². The van der Waals surface area contributed by atoms with E-state index in [9.17, 15) is 4.79 Å². The molecule has 0 bridgehead atoms. The zero-order valence-electron chi connectivity index (χ0n) is 12.1. The molecule has 0 N–H and O–H groups in total. The lowest BCUT2D eigenvalue weighted by Gasteiger charge is -2.41. The molecule has 2 aromatic carbocycles. The first-order chi connectivity index (χ1) is 9.59. The predicted octanol–water partition coefficient (Wildman–Crippen LogP) is 4.73. The summed E-state index contributed by atoms with van der Waals surface area (Å²) in [5.74, 6) is 1.19. The fourth-order valence-corrected chi connectivity index (χ4v) is 4.51. The minimum absolute atomic E-state index is 0.119. The van der Waals surface area contributed by atoms with Gasteiger partial charge in [-0.3, -0.25) is 4.79 Å². The van der Waals surface area contributed by atoms with Gasteiger partial charge in [0.15, 0.2) is 5.78 Å². The topological polar surface area (TPSA) is 17.1 Å². The molecule has 4 rings (SSSR count). The summed E-state index contributed by atoms with van der Waals surface area (Å²) in [7, 11) is 0. The summed E-state index contributed by atoms with van der Waals surface area (Å²) in [4.78, 5) is 12.8. The zero-order valence-corrected chi connectivity index (χ0v) is 12.1. The number of carbonyl (C=O) groups excluding carboxylic acids is 1. The Bertz CT molecular complexity index is 711. The van der Waals surface area contributed by atoms with E-state index in [1.165, 1.54) is 29.2 Å². The Kier molecular flexibility index (Phi) is 2.39. The van der Waals surface area contributed by atoms with Crippen LogP contribution in [-0.2, 0) is 5.41 Å². The van der Waals surface area contributed by atoms with E-state index in [0.717, 1.165) is 12.0 Å². The van der Waals surface area contributed by atoms with E-state index in [-0.39, 0.29) is 11.3 Å². The van der Waals surface area contributed by atoms with E-state index in [0.29, 0.717) is 11.7 Å². The number of hydrogen-bond acceptors (Lipinski definition) is 1. The third-order valence-corrected chi connectivity index (χ3v) is 5.63. The molecule has 0 aromatic heterocycles. The number of hydrogen-bond donors (Lipinski definition) is 0. The van der Waals surface area contributed by atoms with Crippen LogP contribution in [0, 0.1) is 11.8 Å². The van der Waals surface area contributed by atoms with Crippen molar-refractivity contribution in [1.82, 2.24) is 0 Å².